The van der Waals surface area contributed by atoms with Gasteiger partial charge in [0.1, 0.15) is 6.54 Å². The summed E-state index contributed by atoms with van der Waals surface area (Å²) < 4.78 is 0. The first-order valence-corrected chi connectivity index (χ1v) is 12.8. The van der Waals surface area contributed by atoms with Crippen LogP contribution in [0.1, 0.15) is 33.6 Å². The minimum atomic E-state index is -0.700. The van der Waals surface area contributed by atoms with Gasteiger partial charge in [0, 0.05) is 20.2 Å². The van der Waals surface area contributed by atoms with Crippen LogP contribution in [0.25, 0.3) is 0 Å². The van der Waals surface area contributed by atoms with Gasteiger partial charge in [0.05, 0.1) is 22.4 Å². The highest BCUT2D eigenvalue weighted by molar-refractivity contribution is 9.12. The van der Waals surface area contributed by atoms with Crippen LogP contribution in [0.5, 0.6) is 0 Å². The van der Waals surface area contributed by atoms with Gasteiger partial charge in [-0.25, -0.2) is 5.01 Å². The minimum Gasteiger partial charge on any atom is -0.292 e. The largest absolute Gasteiger partial charge is 0.292 e. The second kappa shape index (κ2) is 9.86. The lowest BCUT2D eigenvalue weighted by molar-refractivity contribution is -0.154. The summed E-state index contributed by atoms with van der Waals surface area (Å²) in [4.78, 5) is 53.3. The molecule has 3 amide bonds. The molecule has 2 fully saturated rings. The third-order valence-electron chi connectivity index (χ3n) is 5.93. The van der Waals surface area contributed by atoms with Crippen LogP contribution in [0.4, 0.5) is 0 Å². The number of imide groups is 1. The quantitative estimate of drug-likeness (QED) is 0.264. The van der Waals surface area contributed by atoms with Gasteiger partial charge < -0.3 is 0 Å². The van der Waals surface area contributed by atoms with Crippen LogP contribution >= 0.6 is 55.1 Å². The first kappa shape index (κ1) is 24.4. The first-order chi connectivity index (χ1) is 15.7. The Bertz CT molecular complexity index is 1100. The molecule has 1 saturated heterocycles. The van der Waals surface area contributed by atoms with E-state index in [4.69, 9.17) is 23.2 Å². The summed E-state index contributed by atoms with van der Waals surface area (Å²) in [6, 6.07) is 12.5. The fraction of sp³-hybridized carbons (Fsp3) is 0.304. The third-order valence-corrected chi connectivity index (χ3v) is 9.24. The van der Waals surface area contributed by atoms with Crippen LogP contribution < -0.4 is 0 Å². The number of fused-ring (bicyclic) bond motifs is 1. The molecule has 0 bridgehead atoms. The van der Waals surface area contributed by atoms with E-state index in [9.17, 15) is 19.2 Å². The summed E-state index contributed by atoms with van der Waals surface area (Å²) in [5.41, 5.74) is 0.393. The second-order valence-electron chi connectivity index (χ2n) is 7.98. The highest BCUT2D eigenvalue weighted by Crippen LogP contribution is 2.43. The molecule has 6 nitrogen and oxygen atoms in total. The zero-order valence-electron chi connectivity index (χ0n) is 17.1. The van der Waals surface area contributed by atoms with Gasteiger partial charge in [-0.2, -0.15) is 5.01 Å². The van der Waals surface area contributed by atoms with E-state index in [1.54, 1.807) is 24.3 Å². The van der Waals surface area contributed by atoms with Crippen molar-refractivity contribution in [2.45, 2.75) is 22.5 Å². The monoisotopic (exact) mass is 614 g/mol. The Kier molecular flexibility index (Phi) is 7.29. The number of amides is 3. The fourth-order valence-corrected chi connectivity index (χ4v) is 5.77. The van der Waals surface area contributed by atoms with E-state index in [0.29, 0.717) is 23.4 Å². The van der Waals surface area contributed by atoms with E-state index in [2.05, 4.69) is 31.9 Å². The van der Waals surface area contributed by atoms with Crippen molar-refractivity contribution in [1.29, 1.82) is 0 Å². The van der Waals surface area contributed by atoms with Crippen molar-refractivity contribution in [2.24, 2.45) is 11.8 Å². The van der Waals surface area contributed by atoms with Gasteiger partial charge in [-0.3, -0.25) is 19.2 Å². The molecule has 0 radical (unpaired) electrons. The highest BCUT2D eigenvalue weighted by atomic mass is 79.9. The zero-order chi connectivity index (χ0) is 23.9. The predicted octanol–water partition coefficient (Wildman–Crippen LogP) is 5.16. The molecule has 2 aromatic carbocycles. The summed E-state index contributed by atoms with van der Waals surface area (Å²) in [5.74, 6) is -3.25. The van der Waals surface area contributed by atoms with E-state index in [-0.39, 0.29) is 20.2 Å². The molecule has 1 aliphatic carbocycles. The molecule has 1 heterocycles. The molecule has 0 aromatic heterocycles. The smallest absolute Gasteiger partial charge is 0.274 e. The normalized spacial score (nSPS) is 24.5. The number of hydrogen-bond donors (Lipinski definition) is 0. The zero-order valence-corrected chi connectivity index (χ0v) is 21.8. The number of benzene rings is 2. The number of Topliss-reactive ketones (excluding diaryl/α,β-unsaturated/α-hetero) is 1. The highest BCUT2D eigenvalue weighted by Gasteiger charge is 2.54. The van der Waals surface area contributed by atoms with Gasteiger partial charge in [0.2, 0.25) is 0 Å². The molecule has 0 unspecified atom stereocenters. The Morgan fingerprint density at radius 3 is 2.00 bits per heavy atom. The molecule has 1 saturated carbocycles. The van der Waals surface area contributed by atoms with Crippen LogP contribution in [-0.2, 0) is 9.59 Å². The molecule has 0 spiro atoms. The number of ketones is 1. The van der Waals surface area contributed by atoms with Gasteiger partial charge in [0.25, 0.3) is 17.7 Å². The molecule has 4 atom stereocenters. The van der Waals surface area contributed by atoms with Gasteiger partial charge in [-0.05, 0) is 49.2 Å². The van der Waals surface area contributed by atoms with Crippen LogP contribution in [0.3, 0.4) is 0 Å². The molecular weight excluding hydrogens is 599 g/mol. The number of carbonyl (C=O) groups excluding carboxylic acids is 4. The molecular formula is C23H18Br2Cl2N2O4. The molecule has 2 aliphatic rings. The third kappa shape index (κ3) is 4.76. The Hall–Kier alpha value is -1.74. The maximum atomic E-state index is 13.5. The van der Waals surface area contributed by atoms with E-state index in [1.165, 1.54) is 24.3 Å². The number of rotatable bonds is 5. The number of hydrazine groups is 1. The molecule has 172 valence electrons. The Labute approximate surface area is 217 Å². The topological polar surface area (TPSA) is 74.8 Å². The van der Waals surface area contributed by atoms with Crippen molar-refractivity contribution in [3.8, 4) is 0 Å². The van der Waals surface area contributed by atoms with Crippen molar-refractivity contribution in [3.63, 3.8) is 0 Å². The molecule has 33 heavy (non-hydrogen) atoms. The standard InChI is InChI=1S/C23H18Br2Cl2N2O4/c24-17-9-15-16(10-18(17)25)23(33)29(22(15)32)28(21(31)14-3-1-2-4-19(14)27)11-20(30)12-5-7-13(26)8-6-12/h1-8,15-18H,9-11H2/t15-,16-,17+,18+/m1/s1. The summed E-state index contributed by atoms with van der Waals surface area (Å²) in [6.07, 6.45) is 0.891. The molecule has 1 aliphatic heterocycles. The van der Waals surface area contributed by atoms with Gasteiger partial charge >= 0.3 is 0 Å². The molecule has 2 aromatic rings. The molecule has 0 N–H and O–H groups in total. The summed E-state index contributed by atoms with van der Waals surface area (Å²) in [6.45, 7) is -0.502. The Morgan fingerprint density at radius 1 is 0.909 bits per heavy atom. The van der Waals surface area contributed by atoms with Crippen molar-refractivity contribution >= 4 is 78.6 Å². The second-order valence-corrected chi connectivity index (χ2v) is 11.2. The van der Waals surface area contributed by atoms with Gasteiger partial charge in [0.15, 0.2) is 5.78 Å². The fourth-order valence-electron chi connectivity index (χ4n) is 4.19. The van der Waals surface area contributed by atoms with Crippen molar-refractivity contribution in [3.05, 3.63) is 69.7 Å². The number of hydrogen-bond acceptors (Lipinski definition) is 4. The molecule has 4 rings (SSSR count). The van der Waals surface area contributed by atoms with Crippen LogP contribution in [0.15, 0.2) is 48.5 Å². The minimum absolute atomic E-state index is 0.0128. The maximum absolute atomic E-state index is 13.5. The first-order valence-electron chi connectivity index (χ1n) is 10.2. The SMILES string of the molecule is O=C(CN(C(=O)c1ccccc1Cl)N1C(=O)[C@@H]2C[C@H](Br)[C@@H](Br)C[C@H]2C1=O)c1ccc(Cl)cc1. The van der Waals surface area contributed by atoms with Crippen molar-refractivity contribution < 1.29 is 19.2 Å². The summed E-state index contributed by atoms with van der Waals surface area (Å²) in [7, 11) is 0. The lowest BCUT2D eigenvalue weighted by Crippen LogP contribution is -2.52. The van der Waals surface area contributed by atoms with Crippen molar-refractivity contribution in [2.75, 3.05) is 6.54 Å². The lowest BCUT2D eigenvalue weighted by Gasteiger charge is -2.30. The lowest BCUT2D eigenvalue weighted by atomic mass is 9.81. The van der Waals surface area contributed by atoms with Gasteiger partial charge in [-0.15, -0.1) is 0 Å². The number of carbonyl (C=O) groups is 4. The molecule has 10 heteroatoms. The number of nitrogens with zero attached hydrogens (tertiary/aromatic N) is 2. The Morgan fingerprint density at radius 2 is 1.45 bits per heavy atom. The average Bonchev–Trinajstić information content (AvgIpc) is 3.02. The summed E-state index contributed by atoms with van der Waals surface area (Å²) >= 11 is 19.2. The summed E-state index contributed by atoms with van der Waals surface area (Å²) in [5, 5.41) is 2.38. The predicted molar refractivity (Wildman–Crippen MR) is 132 cm³/mol. The average molecular weight is 617 g/mol. The van der Waals surface area contributed by atoms with E-state index in [1.807, 2.05) is 0 Å². The van der Waals surface area contributed by atoms with Gasteiger partial charge in [-0.1, -0.05) is 67.2 Å². The van der Waals surface area contributed by atoms with Crippen LogP contribution in [-0.4, -0.2) is 49.7 Å². The maximum Gasteiger partial charge on any atom is 0.274 e. The Balaban J connectivity index is 1.71. The number of halogens is 4. The van der Waals surface area contributed by atoms with E-state index >= 15 is 0 Å². The van der Waals surface area contributed by atoms with Crippen LogP contribution in [0.2, 0.25) is 10.0 Å². The van der Waals surface area contributed by atoms with E-state index in [0.717, 1.165) is 10.0 Å². The van der Waals surface area contributed by atoms with Crippen LogP contribution in [0, 0.1) is 11.8 Å². The van der Waals surface area contributed by atoms with E-state index < -0.39 is 41.9 Å². The number of alkyl halides is 2. The van der Waals surface area contributed by atoms with Crippen molar-refractivity contribution in [1.82, 2.24) is 10.0 Å².